The number of nitrogens with zero attached hydrogens (tertiary/aromatic N) is 1. The Morgan fingerprint density at radius 2 is 1.74 bits per heavy atom. The van der Waals surface area contributed by atoms with Gasteiger partial charge in [-0.15, -0.1) is 11.3 Å². The standard InChI is InChI=1S/C32H24N2O4S/c1-19(21-10-12-23(13-11-21)32(36)37)33-31(35)26-17-25(29-7-4-14-39-29)18-28-30(26)27(34-38-28)16-20-8-9-22-5-2-3-6-24(22)15-20/h2-15,17-19H,16H2,1H3,(H,33,35)(H,36,37)/t19-/m0/s1. The smallest absolute Gasteiger partial charge is 0.335 e. The maximum atomic E-state index is 13.7. The second kappa shape index (κ2) is 10.2. The molecule has 6 nitrogen and oxygen atoms in total. The third-order valence-corrected chi connectivity index (χ3v) is 7.80. The van der Waals surface area contributed by atoms with Crippen molar-refractivity contribution >= 4 is 45.0 Å². The lowest BCUT2D eigenvalue weighted by Gasteiger charge is -2.16. The summed E-state index contributed by atoms with van der Waals surface area (Å²) >= 11 is 1.59. The van der Waals surface area contributed by atoms with Crippen LogP contribution in [0.25, 0.3) is 32.2 Å². The van der Waals surface area contributed by atoms with E-state index in [0.717, 1.165) is 32.3 Å². The fourth-order valence-corrected chi connectivity index (χ4v) is 5.55. The van der Waals surface area contributed by atoms with Crippen molar-refractivity contribution in [1.29, 1.82) is 0 Å². The molecule has 2 N–H and O–H groups in total. The summed E-state index contributed by atoms with van der Waals surface area (Å²) in [5, 5.41) is 21.7. The van der Waals surface area contributed by atoms with E-state index in [1.807, 2.05) is 48.7 Å². The molecule has 4 aromatic carbocycles. The molecule has 0 fully saturated rings. The molecule has 0 aliphatic heterocycles. The number of hydrogen-bond donors (Lipinski definition) is 2. The molecular weight excluding hydrogens is 508 g/mol. The van der Waals surface area contributed by atoms with E-state index in [1.165, 1.54) is 12.1 Å². The Kier molecular flexibility index (Phi) is 6.42. The first-order chi connectivity index (χ1) is 19.0. The van der Waals surface area contributed by atoms with Crippen molar-refractivity contribution in [3.63, 3.8) is 0 Å². The van der Waals surface area contributed by atoms with Crippen LogP contribution in [-0.4, -0.2) is 22.1 Å². The molecule has 1 atom stereocenters. The van der Waals surface area contributed by atoms with Gasteiger partial charge in [0.25, 0.3) is 5.91 Å². The number of amides is 1. The van der Waals surface area contributed by atoms with Crippen LogP contribution in [0.1, 0.15) is 50.5 Å². The van der Waals surface area contributed by atoms with Gasteiger partial charge in [0.05, 0.1) is 28.2 Å². The minimum Gasteiger partial charge on any atom is -0.478 e. The predicted octanol–water partition coefficient (Wildman–Crippen LogP) is 7.49. The van der Waals surface area contributed by atoms with Crippen molar-refractivity contribution in [2.24, 2.45) is 0 Å². The van der Waals surface area contributed by atoms with Gasteiger partial charge in [0, 0.05) is 11.3 Å². The molecule has 0 radical (unpaired) electrons. The van der Waals surface area contributed by atoms with E-state index in [2.05, 4.69) is 40.8 Å². The van der Waals surface area contributed by atoms with E-state index in [4.69, 9.17) is 4.52 Å². The van der Waals surface area contributed by atoms with Crippen LogP contribution < -0.4 is 5.32 Å². The van der Waals surface area contributed by atoms with E-state index < -0.39 is 5.97 Å². The Balaban J connectivity index is 1.38. The molecule has 7 heteroatoms. The first-order valence-corrected chi connectivity index (χ1v) is 13.4. The van der Waals surface area contributed by atoms with E-state index in [-0.39, 0.29) is 17.5 Å². The van der Waals surface area contributed by atoms with Gasteiger partial charge in [0.15, 0.2) is 5.58 Å². The van der Waals surface area contributed by atoms with Gasteiger partial charge in [-0.25, -0.2) is 4.79 Å². The molecule has 192 valence electrons. The monoisotopic (exact) mass is 532 g/mol. The average molecular weight is 533 g/mol. The third kappa shape index (κ3) is 4.92. The van der Waals surface area contributed by atoms with Crippen molar-refractivity contribution in [1.82, 2.24) is 10.5 Å². The molecule has 0 bridgehead atoms. The van der Waals surface area contributed by atoms with Crippen LogP contribution in [0.15, 0.2) is 101 Å². The number of carboxylic acid groups (broad SMARTS) is 1. The maximum absolute atomic E-state index is 13.7. The molecule has 6 aromatic rings. The zero-order chi connectivity index (χ0) is 26.9. The SMILES string of the molecule is C[C@H](NC(=O)c1cc(-c2cccs2)cc2onc(Cc3ccc4ccccc4c3)c12)c1ccc(C(=O)O)cc1. The van der Waals surface area contributed by atoms with Gasteiger partial charge in [-0.2, -0.15) is 0 Å². The van der Waals surface area contributed by atoms with Crippen LogP contribution in [0.2, 0.25) is 0 Å². The maximum Gasteiger partial charge on any atom is 0.335 e. The number of aromatic carboxylic acids is 1. The Morgan fingerprint density at radius 3 is 2.49 bits per heavy atom. The van der Waals surface area contributed by atoms with Crippen LogP contribution in [-0.2, 0) is 6.42 Å². The third-order valence-electron chi connectivity index (χ3n) is 6.89. The number of thiophene rings is 1. The van der Waals surface area contributed by atoms with Crippen molar-refractivity contribution < 1.29 is 19.2 Å². The number of nitrogens with one attached hydrogen (secondary N) is 1. The normalized spacial score (nSPS) is 12.0. The Labute approximate surface area is 228 Å². The van der Waals surface area contributed by atoms with Crippen molar-refractivity contribution in [3.8, 4) is 10.4 Å². The number of carbonyl (C=O) groups excluding carboxylic acids is 1. The zero-order valence-electron chi connectivity index (χ0n) is 21.0. The number of fused-ring (bicyclic) bond motifs is 2. The first-order valence-electron chi connectivity index (χ1n) is 12.5. The van der Waals surface area contributed by atoms with Gasteiger partial charge in [0.2, 0.25) is 0 Å². The number of aromatic nitrogens is 1. The number of carboxylic acids is 1. The lowest BCUT2D eigenvalue weighted by Crippen LogP contribution is -2.27. The van der Waals surface area contributed by atoms with Gasteiger partial charge in [0.1, 0.15) is 0 Å². The molecule has 2 heterocycles. The summed E-state index contributed by atoms with van der Waals surface area (Å²) in [4.78, 5) is 26.0. The van der Waals surface area contributed by atoms with Gasteiger partial charge in [-0.3, -0.25) is 4.79 Å². The molecule has 39 heavy (non-hydrogen) atoms. The molecule has 0 saturated carbocycles. The summed E-state index contributed by atoms with van der Waals surface area (Å²) in [6, 6.07) is 28.5. The zero-order valence-corrected chi connectivity index (χ0v) is 21.9. The van der Waals surface area contributed by atoms with Gasteiger partial charge < -0.3 is 14.9 Å². The quantitative estimate of drug-likeness (QED) is 0.222. The lowest BCUT2D eigenvalue weighted by atomic mass is 9.98. The highest BCUT2D eigenvalue weighted by Crippen LogP contribution is 2.33. The number of rotatable bonds is 7. The second-order valence-electron chi connectivity index (χ2n) is 9.48. The molecule has 0 spiro atoms. The average Bonchev–Trinajstić information content (AvgIpc) is 3.63. The van der Waals surface area contributed by atoms with Crippen LogP contribution in [0.4, 0.5) is 0 Å². The topological polar surface area (TPSA) is 92.4 Å². The van der Waals surface area contributed by atoms with E-state index in [9.17, 15) is 14.7 Å². The summed E-state index contributed by atoms with van der Waals surface area (Å²) in [7, 11) is 0. The number of hydrogen-bond acceptors (Lipinski definition) is 5. The van der Waals surface area contributed by atoms with Gasteiger partial charge in [-0.05, 0) is 70.1 Å². The Bertz CT molecular complexity index is 1820. The van der Waals surface area contributed by atoms with Crippen molar-refractivity contribution in [2.75, 3.05) is 0 Å². The minimum absolute atomic E-state index is 0.199. The van der Waals surface area contributed by atoms with E-state index >= 15 is 0 Å². The fraction of sp³-hybridized carbons (Fsp3) is 0.0938. The molecule has 0 aliphatic rings. The summed E-state index contributed by atoms with van der Waals surface area (Å²) in [5.74, 6) is -1.24. The molecule has 1 amide bonds. The first kappa shape index (κ1) is 24.6. The highest BCUT2D eigenvalue weighted by molar-refractivity contribution is 7.13. The molecule has 0 unspecified atom stereocenters. The van der Waals surface area contributed by atoms with Crippen LogP contribution >= 0.6 is 11.3 Å². The minimum atomic E-state index is -0.988. The van der Waals surface area contributed by atoms with E-state index in [0.29, 0.717) is 28.6 Å². The highest BCUT2D eigenvalue weighted by atomic mass is 32.1. The Hall–Kier alpha value is -4.75. The second-order valence-corrected chi connectivity index (χ2v) is 10.4. The molecule has 2 aromatic heterocycles. The van der Waals surface area contributed by atoms with Crippen LogP contribution in [0.3, 0.4) is 0 Å². The summed E-state index contributed by atoms with van der Waals surface area (Å²) in [5.41, 5.74) is 4.70. The van der Waals surface area contributed by atoms with Gasteiger partial charge >= 0.3 is 5.97 Å². The lowest BCUT2D eigenvalue weighted by molar-refractivity contribution is 0.0696. The summed E-state index contributed by atoms with van der Waals surface area (Å²) in [6.45, 7) is 1.87. The largest absolute Gasteiger partial charge is 0.478 e. The highest BCUT2D eigenvalue weighted by Gasteiger charge is 2.22. The number of carbonyl (C=O) groups is 2. The molecule has 0 saturated heterocycles. The molecule has 6 rings (SSSR count). The van der Waals surface area contributed by atoms with Crippen LogP contribution in [0.5, 0.6) is 0 Å². The van der Waals surface area contributed by atoms with E-state index in [1.54, 1.807) is 23.5 Å². The van der Waals surface area contributed by atoms with Crippen LogP contribution in [0, 0.1) is 0 Å². The van der Waals surface area contributed by atoms with Crippen molar-refractivity contribution in [2.45, 2.75) is 19.4 Å². The fourth-order valence-electron chi connectivity index (χ4n) is 4.83. The van der Waals surface area contributed by atoms with Gasteiger partial charge in [-0.1, -0.05) is 65.8 Å². The summed E-state index contributed by atoms with van der Waals surface area (Å²) in [6.07, 6.45) is 0.517. The predicted molar refractivity (Wildman–Crippen MR) is 153 cm³/mol. The summed E-state index contributed by atoms with van der Waals surface area (Å²) < 4.78 is 5.78. The number of benzene rings is 4. The molecule has 0 aliphatic carbocycles. The molecular formula is C32H24N2O4S. The van der Waals surface area contributed by atoms with Crippen molar-refractivity contribution in [3.05, 3.63) is 124 Å². The Morgan fingerprint density at radius 1 is 0.949 bits per heavy atom.